The lowest BCUT2D eigenvalue weighted by Crippen LogP contribution is -2.44. The van der Waals surface area contributed by atoms with Crippen LogP contribution in [0.15, 0.2) is 30.3 Å². The fourth-order valence-corrected chi connectivity index (χ4v) is 3.36. The van der Waals surface area contributed by atoms with E-state index in [0.29, 0.717) is 0 Å². The highest BCUT2D eigenvalue weighted by Crippen LogP contribution is 2.36. The molecule has 112 valence electrons. The lowest BCUT2D eigenvalue weighted by molar-refractivity contribution is 0.190. The van der Waals surface area contributed by atoms with E-state index < -0.39 is 0 Å². The van der Waals surface area contributed by atoms with Gasteiger partial charge in [-0.25, -0.2) is 0 Å². The Morgan fingerprint density at radius 1 is 1.00 bits per heavy atom. The van der Waals surface area contributed by atoms with Crippen molar-refractivity contribution < 1.29 is 4.74 Å². The monoisotopic (exact) mass is 275 g/mol. The van der Waals surface area contributed by atoms with Crippen LogP contribution in [0, 0.1) is 0 Å². The molecule has 1 fully saturated rings. The smallest absolute Gasteiger partial charge is 0.0462 e. The van der Waals surface area contributed by atoms with Crippen molar-refractivity contribution in [2.75, 3.05) is 20.3 Å². The van der Waals surface area contributed by atoms with Crippen LogP contribution in [-0.2, 0) is 10.3 Å². The molecule has 0 aliphatic heterocycles. The summed E-state index contributed by atoms with van der Waals surface area (Å²) >= 11 is 0. The van der Waals surface area contributed by atoms with E-state index in [0.717, 1.165) is 13.2 Å². The molecular weight excluding hydrogens is 246 g/mol. The molecule has 2 nitrogen and oxygen atoms in total. The van der Waals surface area contributed by atoms with Crippen molar-refractivity contribution in [1.82, 2.24) is 5.32 Å². The third kappa shape index (κ3) is 4.32. The van der Waals surface area contributed by atoms with Gasteiger partial charge in [0.1, 0.15) is 0 Å². The number of unbranched alkanes of at least 4 members (excludes halogenated alkanes) is 2. The summed E-state index contributed by atoms with van der Waals surface area (Å²) in [6, 6.07) is 11.1. The molecule has 0 heterocycles. The molecule has 1 aromatic carbocycles. The first-order valence-corrected chi connectivity index (χ1v) is 8.17. The molecule has 1 aliphatic rings. The molecule has 0 saturated heterocycles. The Morgan fingerprint density at radius 2 is 1.75 bits per heavy atom. The maximum atomic E-state index is 5.11. The molecule has 0 radical (unpaired) electrons. The zero-order valence-corrected chi connectivity index (χ0v) is 12.9. The topological polar surface area (TPSA) is 21.3 Å². The summed E-state index contributed by atoms with van der Waals surface area (Å²) in [4.78, 5) is 0. The van der Waals surface area contributed by atoms with Crippen LogP contribution in [0.3, 0.4) is 0 Å². The number of ether oxygens (including phenoxy) is 1. The van der Waals surface area contributed by atoms with Gasteiger partial charge in [-0.3, -0.25) is 0 Å². The van der Waals surface area contributed by atoms with Crippen LogP contribution < -0.4 is 5.32 Å². The van der Waals surface area contributed by atoms with Gasteiger partial charge < -0.3 is 10.1 Å². The van der Waals surface area contributed by atoms with Gasteiger partial charge in [-0.1, -0.05) is 49.6 Å². The Labute approximate surface area is 123 Å². The van der Waals surface area contributed by atoms with Crippen LogP contribution in [0.2, 0.25) is 0 Å². The maximum Gasteiger partial charge on any atom is 0.0462 e. The molecule has 0 atom stereocenters. The second kappa shape index (κ2) is 8.43. The molecule has 20 heavy (non-hydrogen) atoms. The van der Waals surface area contributed by atoms with Crippen LogP contribution in [-0.4, -0.2) is 20.3 Å². The molecule has 1 N–H and O–H groups in total. The molecule has 0 amide bonds. The van der Waals surface area contributed by atoms with E-state index in [4.69, 9.17) is 4.74 Å². The van der Waals surface area contributed by atoms with Gasteiger partial charge in [-0.05, 0) is 44.2 Å². The SMILES string of the molecule is COCCCCCNC1(c2ccccc2)CCCCC1. The van der Waals surface area contributed by atoms with Crippen molar-refractivity contribution >= 4 is 0 Å². The maximum absolute atomic E-state index is 5.11. The van der Waals surface area contributed by atoms with Crippen molar-refractivity contribution in [2.45, 2.75) is 56.9 Å². The van der Waals surface area contributed by atoms with E-state index in [2.05, 4.69) is 35.6 Å². The minimum atomic E-state index is 0.237. The van der Waals surface area contributed by atoms with Crippen LogP contribution in [0.5, 0.6) is 0 Å². The van der Waals surface area contributed by atoms with Gasteiger partial charge in [-0.15, -0.1) is 0 Å². The summed E-state index contributed by atoms with van der Waals surface area (Å²) in [7, 11) is 1.78. The van der Waals surface area contributed by atoms with Crippen molar-refractivity contribution in [3.63, 3.8) is 0 Å². The summed E-state index contributed by atoms with van der Waals surface area (Å²) in [5.41, 5.74) is 1.72. The van der Waals surface area contributed by atoms with Crippen molar-refractivity contribution in [3.05, 3.63) is 35.9 Å². The third-order valence-corrected chi connectivity index (χ3v) is 4.52. The van der Waals surface area contributed by atoms with E-state index >= 15 is 0 Å². The van der Waals surface area contributed by atoms with Crippen LogP contribution in [0.1, 0.15) is 56.9 Å². The average molecular weight is 275 g/mol. The summed E-state index contributed by atoms with van der Waals surface area (Å²) in [5, 5.41) is 3.89. The Kier molecular flexibility index (Phi) is 6.55. The highest BCUT2D eigenvalue weighted by molar-refractivity contribution is 5.25. The van der Waals surface area contributed by atoms with Crippen LogP contribution in [0.25, 0.3) is 0 Å². The fourth-order valence-electron chi connectivity index (χ4n) is 3.36. The Bertz CT molecular complexity index is 357. The quantitative estimate of drug-likeness (QED) is 0.716. The van der Waals surface area contributed by atoms with Crippen molar-refractivity contribution in [1.29, 1.82) is 0 Å². The van der Waals surface area contributed by atoms with E-state index in [1.54, 1.807) is 7.11 Å². The first kappa shape index (κ1) is 15.5. The second-order valence-electron chi connectivity index (χ2n) is 5.99. The Hall–Kier alpha value is -0.860. The molecule has 2 rings (SSSR count). The van der Waals surface area contributed by atoms with Crippen LogP contribution >= 0.6 is 0 Å². The van der Waals surface area contributed by atoms with Crippen molar-refractivity contribution in [2.24, 2.45) is 0 Å². The molecule has 0 spiro atoms. The number of rotatable bonds is 8. The predicted octanol–water partition coefficient (Wildman–Crippen LogP) is 4.25. The molecular formula is C18H29NO. The van der Waals surface area contributed by atoms with Crippen molar-refractivity contribution in [3.8, 4) is 0 Å². The Morgan fingerprint density at radius 3 is 2.45 bits per heavy atom. The van der Waals surface area contributed by atoms with E-state index in [1.165, 1.54) is 56.9 Å². The summed E-state index contributed by atoms with van der Waals surface area (Å²) < 4.78 is 5.11. The average Bonchev–Trinajstić information content (AvgIpc) is 2.52. The van der Waals surface area contributed by atoms with Gasteiger partial charge >= 0.3 is 0 Å². The molecule has 0 bridgehead atoms. The number of nitrogens with one attached hydrogen (secondary N) is 1. The number of hydrogen-bond donors (Lipinski definition) is 1. The van der Waals surface area contributed by atoms with E-state index in [1.807, 2.05) is 0 Å². The number of benzene rings is 1. The van der Waals surface area contributed by atoms with Gasteiger partial charge in [0.15, 0.2) is 0 Å². The minimum absolute atomic E-state index is 0.237. The highest BCUT2D eigenvalue weighted by atomic mass is 16.5. The molecule has 0 aromatic heterocycles. The summed E-state index contributed by atoms with van der Waals surface area (Å²) in [5.74, 6) is 0. The zero-order chi connectivity index (χ0) is 14.1. The molecule has 1 aromatic rings. The largest absolute Gasteiger partial charge is 0.385 e. The summed E-state index contributed by atoms with van der Waals surface area (Å²) in [6.07, 6.45) is 10.4. The predicted molar refractivity (Wildman–Crippen MR) is 84.9 cm³/mol. The second-order valence-corrected chi connectivity index (χ2v) is 5.99. The fraction of sp³-hybridized carbons (Fsp3) is 0.667. The first-order chi connectivity index (χ1) is 9.87. The first-order valence-electron chi connectivity index (χ1n) is 8.17. The lowest BCUT2D eigenvalue weighted by Gasteiger charge is -2.39. The summed E-state index contributed by atoms with van der Waals surface area (Å²) in [6.45, 7) is 2.02. The lowest BCUT2D eigenvalue weighted by atomic mass is 9.76. The van der Waals surface area contributed by atoms with Gasteiger partial charge in [0.25, 0.3) is 0 Å². The molecule has 2 heteroatoms. The third-order valence-electron chi connectivity index (χ3n) is 4.52. The normalized spacial score (nSPS) is 18.1. The highest BCUT2D eigenvalue weighted by Gasteiger charge is 2.32. The zero-order valence-electron chi connectivity index (χ0n) is 12.9. The van der Waals surface area contributed by atoms with Crippen LogP contribution in [0.4, 0.5) is 0 Å². The van der Waals surface area contributed by atoms with Gasteiger partial charge in [0, 0.05) is 19.3 Å². The molecule has 1 saturated carbocycles. The van der Waals surface area contributed by atoms with E-state index in [-0.39, 0.29) is 5.54 Å². The Balaban J connectivity index is 1.88. The molecule has 0 unspecified atom stereocenters. The number of methoxy groups -OCH3 is 1. The number of hydrogen-bond acceptors (Lipinski definition) is 2. The standard InChI is InChI=1S/C18H29NO/c1-20-16-10-4-9-15-19-18(13-7-3-8-14-18)17-11-5-2-6-12-17/h2,5-6,11-12,19H,3-4,7-10,13-16H2,1H3. The van der Waals surface area contributed by atoms with Gasteiger partial charge in [0.2, 0.25) is 0 Å². The minimum Gasteiger partial charge on any atom is -0.385 e. The van der Waals surface area contributed by atoms with Gasteiger partial charge in [0.05, 0.1) is 0 Å². The molecule has 1 aliphatic carbocycles. The van der Waals surface area contributed by atoms with Gasteiger partial charge in [-0.2, -0.15) is 0 Å². The van der Waals surface area contributed by atoms with E-state index in [9.17, 15) is 0 Å².